The van der Waals surface area contributed by atoms with Crippen molar-refractivity contribution in [2.75, 3.05) is 5.75 Å². The van der Waals surface area contributed by atoms with E-state index in [0.29, 0.717) is 27.4 Å². The average molecular weight is 493 g/mol. The normalized spacial score (nSPS) is 16.9. The molecule has 0 bridgehead atoms. The lowest BCUT2D eigenvalue weighted by Crippen LogP contribution is -2.50. The molecule has 1 aromatic heterocycles. The number of hydrogen-bond donors (Lipinski definition) is 1. The van der Waals surface area contributed by atoms with Gasteiger partial charge in [0.1, 0.15) is 11.5 Å². The zero-order valence-corrected chi connectivity index (χ0v) is 20.4. The summed E-state index contributed by atoms with van der Waals surface area (Å²) in [6.45, 7) is 2.19. The summed E-state index contributed by atoms with van der Waals surface area (Å²) in [4.78, 5) is 18.1. The van der Waals surface area contributed by atoms with Crippen LogP contribution >= 0.6 is 23.4 Å². The number of benzene rings is 2. The number of halogens is 1. The van der Waals surface area contributed by atoms with E-state index in [0.717, 1.165) is 28.3 Å². The monoisotopic (exact) mass is 492 g/mol. The number of thioether (sulfide) groups is 1. The molecule has 1 amide bonds. The summed E-state index contributed by atoms with van der Waals surface area (Å²) in [6, 6.07) is 18.9. The van der Waals surface area contributed by atoms with Crippen LogP contribution in [-0.2, 0) is 4.79 Å². The zero-order chi connectivity index (χ0) is 23.5. The van der Waals surface area contributed by atoms with E-state index in [4.69, 9.17) is 26.1 Å². The van der Waals surface area contributed by atoms with Crippen LogP contribution in [0.5, 0.6) is 0 Å². The summed E-state index contributed by atoms with van der Waals surface area (Å²) in [7, 11) is 0. The molecule has 0 unspecified atom stereocenters. The van der Waals surface area contributed by atoms with Crippen LogP contribution < -0.4 is 15.9 Å². The highest BCUT2D eigenvalue weighted by Gasteiger charge is 2.36. The number of amides is 1. The molecule has 174 valence electrons. The first-order valence-corrected chi connectivity index (χ1v) is 12.9. The number of nitrogens with one attached hydrogen (secondary N) is 1. The van der Waals surface area contributed by atoms with Crippen molar-refractivity contribution in [2.45, 2.75) is 38.8 Å². The summed E-state index contributed by atoms with van der Waals surface area (Å²) in [6.07, 6.45) is 4.07. The van der Waals surface area contributed by atoms with Crippen molar-refractivity contribution in [1.29, 1.82) is 0 Å². The molecule has 0 saturated heterocycles. The zero-order valence-electron chi connectivity index (χ0n) is 18.8. The molecule has 3 heterocycles. The van der Waals surface area contributed by atoms with Crippen LogP contribution in [0.4, 0.5) is 0 Å². The van der Waals surface area contributed by atoms with Gasteiger partial charge in [-0.1, -0.05) is 79.9 Å². The molecule has 1 N–H and O–H groups in total. The Morgan fingerprint density at radius 3 is 2.74 bits per heavy atom. The van der Waals surface area contributed by atoms with Gasteiger partial charge in [-0.25, -0.2) is 10.0 Å². The third-order valence-corrected chi connectivity index (χ3v) is 7.05. The number of furan rings is 1. The number of amidine groups is 1. The van der Waals surface area contributed by atoms with Gasteiger partial charge in [0.2, 0.25) is 6.17 Å². The van der Waals surface area contributed by atoms with Gasteiger partial charge in [0, 0.05) is 16.5 Å². The lowest BCUT2D eigenvalue weighted by molar-refractivity contribution is -0.116. The predicted octanol–water partition coefficient (Wildman–Crippen LogP) is 5.06. The largest absolute Gasteiger partial charge is 0.457 e. The predicted molar refractivity (Wildman–Crippen MR) is 137 cm³/mol. The number of para-hydroxylation sites is 1. The standard InChI is InChI=1S/C26H25ClN4O2S/c1-2-3-4-9-16-34-26-29-25(32)23-18-11-6-8-13-20(18)28-24(31(23)30-26)22-15-14-21(33-22)17-10-5-7-12-19(17)27/h5-8,10-15,24H,2-4,9,16H2,1H3,(H,29,30,32)/t24-/m1/s1. The van der Waals surface area contributed by atoms with Crippen LogP contribution in [0.25, 0.3) is 17.0 Å². The van der Waals surface area contributed by atoms with E-state index in [1.165, 1.54) is 19.3 Å². The Morgan fingerprint density at radius 2 is 1.88 bits per heavy atom. The fourth-order valence-corrected chi connectivity index (χ4v) is 5.15. The Kier molecular flexibility index (Phi) is 6.74. The second kappa shape index (κ2) is 10.1. The SMILES string of the molecule is CCCCCCSC1=NN2C(=c3ccccc3=N[C@H]2c2ccc(-c3ccccc3Cl)o2)C(=O)N1. The maximum Gasteiger partial charge on any atom is 0.276 e. The molecule has 2 aromatic carbocycles. The number of hydrazone groups is 1. The smallest absolute Gasteiger partial charge is 0.276 e. The van der Waals surface area contributed by atoms with E-state index >= 15 is 0 Å². The van der Waals surface area contributed by atoms with E-state index in [2.05, 4.69) is 12.2 Å². The number of carbonyl (C=O) groups is 1. The molecule has 8 heteroatoms. The Morgan fingerprint density at radius 1 is 1.06 bits per heavy atom. The Hall–Kier alpha value is -3.03. The van der Waals surface area contributed by atoms with Crippen molar-refractivity contribution in [3.8, 4) is 11.3 Å². The number of rotatable bonds is 7. The molecule has 5 rings (SSSR count). The minimum absolute atomic E-state index is 0.184. The topological polar surface area (TPSA) is 70.2 Å². The summed E-state index contributed by atoms with van der Waals surface area (Å²) >= 11 is 7.94. The molecule has 0 aliphatic carbocycles. The van der Waals surface area contributed by atoms with Crippen LogP contribution in [0.2, 0.25) is 5.02 Å². The summed E-state index contributed by atoms with van der Waals surface area (Å²) in [5, 5.41) is 12.1. The molecule has 1 atom stereocenters. The molecule has 34 heavy (non-hydrogen) atoms. The van der Waals surface area contributed by atoms with Crippen molar-refractivity contribution >= 4 is 40.1 Å². The Bertz CT molecular complexity index is 1370. The van der Waals surface area contributed by atoms with Crippen molar-refractivity contribution in [2.24, 2.45) is 10.1 Å². The van der Waals surface area contributed by atoms with E-state index in [9.17, 15) is 4.79 Å². The Labute approximate surface area is 207 Å². The molecular formula is C26H25ClN4O2S. The van der Waals surface area contributed by atoms with Gasteiger partial charge in [0.05, 0.1) is 10.4 Å². The maximum atomic E-state index is 13.2. The van der Waals surface area contributed by atoms with E-state index < -0.39 is 6.17 Å². The van der Waals surface area contributed by atoms with Gasteiger partial charge >= 0.3 is 0 Å². The fraction of sp³-hybridized carbons (Fsp3) is 0.269. The number of hydrogen-bond acceptors (Lipinski definition) is 6. The van der Waals surface area contributed by atoms with Crippen LogP contribution in [0.3, 0.4) is 0 Å². The highest BCUT2D eigenvalue weighted by atomic mass is 35.5. The molecule has 0 saturated carbocycles. The van der Waals surface area contributed by atoms with Gasteiger partial charge < -0.3 is 4.42 Å². The number of fused-ring (bicyclic) bond motifs is 2. The summed E-state index contributed by atoms with van der Waals surface area (Å²) in [5.41, 5.74) is 1.28. The van der Waals surface area contributed by atoms with Gasteiger partial charge in [0.25, 0.3) is 5.91 Å². The first-order valence-electron chi connectivity index (χ1n) is 11.5. The van der Waals surface area contributed by atoms with E-state index in [1.807, 2.05) is 60.7 Å². The maximum absolute atomic E-state index is 13.2. The quantitative estimate of drug-likeness (QED) is 0.468. The second-order valence-corrected chi connectivity index (χ2v) is 9.65. The lowest BCUT2D eigenvalue weighted by Gasteiger charge is -2.32. The average Bonchev–Trinajstić information content (AvgIpc) is 3.33. The van der Waals surface area contributed by atoms with Gasteiger partial charge in [-0.05, 0) is 36.8 Å². The molecule has 0 radical (unpaired) electrons. The second-order valence-electron chi connectivity index (χ2n) is 8.16. The molecule has 2 aliphatic rings. The van der Waals surface area contributed by atoms with Crippen molar-refractivity contribution in [3.63, 3.8) is 0 Å². The minimum Gasteiger partial charge on any atom is -0.457 e. The van der Waals surface area contributed by atoms with Crippen LogP contribution in [-0.4, -0.2) is 21.8 Å². The van der Waals surface area contributed by atoms with Gasteiger partial charge in [-0.2, -0.15) is 0 Å². The minimum atomic E-state index is -0.595. The van der Waals surface area contributed by atoms with Crippen molar-refractivity contribution in [3.05, 3.63) is 82.0 Å². The molecular weight excluding hydrogens is 468 g/mol. The number of unbranched alkanes of at least 4 members (excludes halogenated alkanes) is 3. The summed E-state index contributed by atoms with van der Waals surface area (Å²) < 4.78 is 6.21. The van der Waals surface area contributed by atoms with Gasteiger partial charge in [-0.15, -0.1) is 5.10 Å². The third-order valence-electron chi connectivity index (χ3n) is 5.77. The van der Waals surface area contributed by atoms with E-state index in [-0.39, 0.29) is 5.91 Å². The number of nitrogens with zero attached hydrogens (tertiary/aromatic N) is 3. The van der Waals surface area contributed by atoms with Gasteiger partial charge in [-0.3, -0.25) is 10.1 Å². The molecule has 2 aliphatic heterocycles. The van der Waals surface area contributed by atoms with E-state index in [1.54, 1.807) is 16.8 Å². The van der Waals surface area contributed by atoms with Gasteiger partial charge in [0.15, 0.2) is 10.9 Å². The Balaban J connectivity index is 1.51. The molecule has 6 nitrogen and oxygen atoms in total. The molecule has 0 spiro atoms. The van der Waals surface area contributed by atoms with Crippen LogP contribution in [0.1, 0.15) is 44.5 Å². The first kappa shape index (κ1) is 22.7. The third kappa shape index (κ3) is 4.50. The highest BCUT2D eigenvalue weighted by Crippen LogP contribution is 2.35. The first-order chi connectivity index (χ1) is 16.7. The number of carbonyl (C=O) groups excluding carboxylic acids is 1. The van der Waals surface area contributed by atoms with Crippen molar-refractivity contribution < 1.29 is 9.21 Å². The van der Waals surface area contributed by atoms with Crippen LogP contribution in [0, 0.1) is 0 Å². The van der Waals surface area contributed by atoms with Crippen LogP contribution in [0.15, 0.2) is 75.2 Å². The molecule has 3 aromatic rings. The molecule has 0 fully saturated rings. The lowest BCUT2D eigenvalue weighted by atomic mass is 10.1. The van der Waals surface area contributed by atoms with Crippen molar-refractivity contribution in [1.82, 2.24) is 10.3 Å². The fourth-order valence-electron chi connectivity index (χ4n) is 4.07. The highest BCUT2D eigenvalue weighted by molar-refractivity contribution is 8.13. The summed E-state index contributed by atoms with van der Waals surface area (Å²) in [5.74, 6) is 1.95.